The molecule has 3 heteroatoms. The summed E-state index contributed by atoms with van der Waals surface area (Å²) in [6.07, 6.45) is 2.01. The number of aromatic nitrogens is 2. The van der Waals surface area contributed by atoms with E-state index in [9.17, 15) is 0 Å². The molecule has 3 aromatic rings. The lowest BCUT2D eigenvalue weighted by atomic mass is 10.0. The van der Waals surface area contributed by atoms with Crippen molar-refractivity contribution in [2.45, 2.75) is 13.5 Å². The molecule has 2 aromatic carbocycles. The lowest BCUT2D eigenvalue weighted by molar-refractivity contribution is 0.882. The first-order chi connectivity index (χ1) is 9.79. The van der Waals surface area contributed by atoms with Crippen molar-refractivity contribution in [3.63, 3.8) is 0 Å². The van der Waals surface area contributed by atoms with Crippen molar-refractivity contribution in [2.75, 3.05) is 0 Å². The maximum absolute atomic E-state index is 5.88. The number of aryl methyl sites for hydroxylation is 1. The first-order valence-electron chi connectivity index (χ1n) is 6.69. The van der Waals surface area contributed by atoms with Gasteiger partial charge in [0.2, 0.25) is 0 Å². The Balaban J connectivity index is 2.13. The van der Waals surface area contributed by atoms with Crippen LogP contribution in [0.2, 0.25) is 0 Å². The molecule has 0 fully saturated rings. The van der Waals surface area contributed by atoms with E-state index in [0.717, 1.165) is 22.5 Å². The van der Waals surface area contributed by atoms with E-state index >= 15 is 0 Å². The van der Waals surface area contributed by atoms with Crippen LogP contribution in [0.3, 0.4) is 0 Å². The minimum atomic E-state index is 0.483. The van der Waals surface area contributed by atoms with Gasteiger partial charge in [0.05, 0.1) is 11.4 Å². The van der Waals surface area contributed by atoms with Gasteiger partial charge in [-0.25, -0.2) is 4.68 Å². The highest BCUT2D eigenvalue weighted by atomic mass is 15.3. The van der Waals surface area contributed by atoms with Crippen LogP contribution in [-0.4, -0.2) is 9.78 Å². The molecule has 0 aliphatic rings. The van der Waals surface area contributed by atoms with Crippen LogP contribution in [-0.2, 0) is 6.54 Å². The molecule has 0 atom stereocenters. The average molecular weight is 263 g/mol. The van der Waals surface area contributed by atoms with Crippen molar-refractivity contribution in [3.05, 3.63) is 71.9 Å². The maximum Gasteiger partial charge on any atom is 0.0975 e. The molecule has 100 valence electrons. The molecular weight excluding hydrogens is 246 g/mol. The van der Waals surface area contributed by atoms with Gasteiger partial charge in [-0.3, -0.25) is 0 Å². The Morgan fingerprint density at radius 2 is 1.70 bits per heavy atom. The largest absolute Gasteiger partial charge is 0.326 e. The van der Waals surface area contributed by atoms with Gasteiger partial charge >= 0.3 is 0 Å². The van der Waals surface area contributed by atoms with Crippen LogP contribution in [0.25, 0.3) is 16.9 Å². The number of hydrogen-bond donors (Lipinski definition) is 1. The fourth-order valence-corrected chi connectivity index (χ4v) is 2.34. The zero-order valence-electron chi connectivity index (χ0n) is 11.5. The summed E-state index contributed by atoms with van der Waals surface area (Å²) in [5.74, 6) is 0. The molecule has 1 aromatic heterocycles. The molecule has 0 amide bonds. The van der Waals surface area contributed by atoms with Crippen LogP contribution in [0.1, 0.15) is 11.1 Å². The Labute approximate surface area is 118 Å². The molecule has 0 aliphatic heterocycles. The monoisotopic (exact) mass is 263 g/mol. The first-order valence-corrected chi connectivity index (χ1v) is 6.69. The molecule has 0 saturated carbocycles. The van der Waals surface area contributed by atoms with Crippen molar-refractivity contribution in [3.8, 4) is 16.9 Å². The smallest absolute Gasteiger partial charge is 0.0975 e. The summed E-state index contributed by atoms with van der Waals surface area (Å²) in [7, 11) is 0. The van der Waals surface area contributed by atoms with E-state index in [4.69, 9.17) is 10.8 Å². The zero-order chi connectivity index (χ0) is 13.9. The predicted molar refractivity (Wildman–Crippen MR) is 81.6 cm³/mol. The van der Waals surface area contributed by atoms with Crippen molar-refractivity contribution >= 4 is 0 Å². The van der Waals surface area contributed by atoms with Gasteiger partial charge in [-0.15, -0.1) is 0 Å². The Bertz CT molecular complexity index is 714. The molecule has 0 saturated heterocycles. The van der Waals surface area contributed by atoms with Gasteiger partial charge in [-0.1, -0.05) is 42.5 Å². The maximum atomic E-state index is 5.88. The lowest BCUT2D eigenvalue weighted by Crippen LogP contribution is -1.97. The van der Waals surface area contributed by atoms with Gasteiger partial charge in [0.15, 0.2) is 0 Å². The average Bonchev–Trinajstić information content (AvgIpc) is 2.93. The minimum absolute atomic E-state index is 0.483. The Morgan fingerprint density at radius 1 is 1.00 bits per heavy atom. The highest BCUT2D eigenvalue weighted by Crippen LogP contribution is 2.26. The molecule has 0 unspecified atom stereocenters. The molecule has 0 radical (unpaired) electrons. The normalized spacial score (nSPS) is 10.7. The van der Waals surface area contributed by atoms with Crippen molar-refractivity contribution in [1.29, 1.82) is 0 Å². The van der Waals surface area contributed by atoms with Crippen LogP contribution in [0.5, 0.6) is 0 Å². The summed E-state index contributed by atoms with van der Waals surface area (Å²) in [6, 6.07) is 18.3. The van der Waals surface area contributed by atoms with Crippen molar-refractivity contribution in [1.82, 2.24) is 9.78 Å². The Morgan fingerprint density at radius 3 is 2.40 bits per heavy atom. The fourth-order valence-electron chi connectivity index (χ4n) is 2.34. The summed E-state index contributed by atoms with van der Waals surface area (Å²) in [4.78, 5) is 0. The highest BCUT2D eigenvalue weighted by molar-refractivity contribution is 5.66. The molecular formula is C17H17N3. The van der Waals surface area contributed by atoms with Gasteiger partial charge in [-0.05, 0) is 24.6 Å². The summed E-state index contributed by atoms with van der Waals surface area (Å²) in [6.45, 7) is 2.58. The van der Waals surface area contributed by atoms with Gasteiger partial charge in [0.1, 0.15) is 0 Å². The second-order valence-electron chi connectivity index (χ2n) is 4.80. The van der Waals surface area contributed by atoms with E-state index in [-0.39, 0.29) is 0 Å². The van der Waals surface area contributed by atoms with Crippen LogP contribution < -0.4 is 5.73 Å². The number of nitrogens with two attached hydrogens (primary N) is 1. The van der Waals surface area contributed by atoms with E-state index in [1.165, 1.54) is 5.56 Å². The third-order valence-electron chi connectivity index (χ3n) is 3.43. The first kappa shape index (κ1) is 12.6. The van der Waals surface area contributed by atoms with Crippen LogP contribution in [0.15, 0.2) is 60.8 Å². The summed E-state index contributed by atoms with van der Waals surface area (Å²) in [5, 5.41) is 4.72. The van der Waals surface area contributed by atoms with Crippen LogP contribution >= 0.6 is 0 Å². The van der Waals surface area contributed by atoms with Gasteiger partial charge in [0, 0.05) is 23.9 Å². The van der Waals surface area contributed by atoms with E-state index in [0.29, 0.717) is 6.54 Å². The van der Waals surface area contributed by atoms with Crippen molar-refractivity contribution < 1.29 is 0 Å². The minimum Gasteiger partial charge on any atom is -0.326 e. The summed E-state index contributed by atoms with van der Waals surface area (Å²) in [5.41, 5.74) is 11.3. The number of rotatable bonds is 3. The molecule has 0 bridgehead atoms. The number of nitrogens with zero attached hydrogens (tertiary/aromatic N) is 2. The van der Waals surface area contributed by atoms with Crippen LogP contribution in [0.4, 0.5) is 0 Å². The van der Waals surface area contributed by atoms with Crippen LogP contribution in [0, 0.1) is 6.92 Å². The van der Waals surface area contributed by atoms with Gasteiger partial charge in [0.25, 0.3) is 0 Å². The lowest BCUT2D eigenvalue weighted by Gasteiger charge is -2.04. The Hall–Kier alpha value is -2.39. The van der Waals surface area contributed by atoms with Gasteiger partial charge < -0.3 is 5.73 Å². The number of para-hydroxylation sites is 1. The van der Waals surface area contributed by atoms with E-state index in [2.05, 4.69) is 19.1 Å². The third kappa shape index (κ3) is 2.24. The quantitative estimate of drug-likeness (QED) is 0.788. The molecule has 3 nitrogen and oxygen atoms in total. The standard InChI is InChI=1S/C17H17N3/c1-13-7-5-6-10-16(13)17-14(11-18)12-20(19-17)15-8-3-2-4-9-15/h2-10,12H,11,18H2,1H3. The molecule has 3 rings (SSSR count). The predicted octanol–water partition coefficient (Wildman–Crippen LogP) is 3.31. The molecule has 1 heterocycles. The third-order valence-corrected chi connectivity index (χ3v) is 3.43. The summed E-state index contributed by atoms with van der Waals surface area (Å²) >= 11 is 0. The number of hydrogen-bond acceptors (Lipinski definition) is 2. The molecule has 0 spiro atoms. The fraction of sp³-hybridized carbons (Fsp3) is 0.118. The number of benzene rings is 2. The molecule has 2 N–H and O–H groups in total. The molecule has 20 heavy (non-hydrogen) atoms. The van der Waals surface area contributed by atoms with E-state index in [1.807, 2.05) is 53.3 Å². The van der Waals surface area contributed by atoms with E-state index in [1.54, 1.807) is 0 Å². The van der Waals surface area contributed by atoms with Gasteiger partial charge in [-0.2, -0.15) is 5.10 Å². The summed E-state index contributed by atoms with van der Waals surface area (Å²) < 4.78 is 1.89. The second kappa shape index (κ2) is 5.31. The Kier molecular flexibility index (Phi) is 3.35. The second-order valence-corrected chi connectivity index (χ2v) is 4.80. The van der Waals surface area contributed by atoms with E-state index < -0.39 is 0 Å². The highest BCUT2D eigenvalue weighted by Gasteiger charge is 2.12. The van der Waals surface area contributed by atoms with Crippen molar-refractivity contribution in [2.24, 2.45) is 5.73 Å². The molecule has 0 aliphatic carbocycles. The topological polar surface area (TPSA) is 43.8 Å². The SMILES string of the molecule is Cc1ccccc1-c1nn(-c2ccccc2)cc1CN. The zero-order valence-corrected chi connectivity index (χ0v) is 11.5.